The molecule has 1 amide bonds. The van der Waals surface area contributed by atoms with E-state index in [1.54, 1.807) is 0 Å². The SMILES string of the molecule is CC(=O)Nc1ccc(NC2CCN(C3CC3)C2)cc1Cl. The summed E-state index contributed by atoms with van der Waals surface area (Å²) in [7, 11) is 0. The maximum Gasteiger partial charge on any atom is 0.221 e. The molecule has 20 heavy (non-hydrogen) atoms. The molecular formula is C15H20ClN3O. The van der Waals surface area contributed by atoms with Crippen molar-refractivity contribution in [1.82, 2.24) is 4.90 Å². The van der Waals surface area contributed by atoms with Gasteiger partial charge in [0, 0.05) is 37.8 Å². The largest absolute Gasteiger partial charge is 0.381 e. The van der Waals surface area contributed by atoms with E-state index in [9.17, 15) is 4.79 Å². The quantitative estimate of drug-likeness (QED) is 0.897. The Labute approximate surface area is 124 Å². The molecular weight excluding hydrogens is 274 g/mol. The summed E-state index contributed by atoms with van der Waals surface area (Å²) in [6, 6.07) is 7.04. The zero-order valence-electron chi connectivity index (χ0n) is 11.7. The minimum Gasteiger partial charge on any atom is -0.381 e. The Morgan fingerprint density at radius 2 is 2.15 bits per heavy atom. The summed E-state index contributed by atoms with van der Waals surface area (Å²) >= 11 is 6.18. The lowest BCUT2D eigenvalue weighted by molar-refractivity contribution is -0.114. The smallest absolute Gasteiger partial charge is 0.221 e. The first kappa shape index (κ1) is 13.7. The number of rotatable bonds is 4. The van der Waals surface area contributed by atoms with Crippen LogP contribution in [0.4, 0.5) is 11.4 Å². The number of carbonyl (C=O) groups is 1. The molecule has 5 heteroatoms. The third kappa shape index (κ3) is 3.25. The van der Waals surface area contributed by atoms with Gasteiger partial charge in [-0.1, -0.05) is 11.6 Å². The molecule has 0 radical (unpaired) electrons. The first-order valence-electron chi connectivity index (χ1n) is 7.19. The lowest BCUT2D eigenvalue weighted by Gasteiger charge is -2.17. The first-order chi connectivity index (χ1) is 9.61. The molecule has 0 bridgehead atoms. The van der Waals surface area contributed by atoms with E-state index in [-0.39, 0.29) is 5.91 Å². The molecule has 1 aromatic carbocycles. The number of anilines is 2. The van der Waals surface area contributed by atoms with Crippen LogP contribution in [0.5, 0.6) is 0 Å². The van der Waals surface area contributed by atoms with E-state index in [1.807, 2.05) is 18.2 Å². The molecule has 1 aliphatic heterocycles. The molecule has 1 unspecified atom stereocenters. The van der Waals surface area contributed by atoms with Gasteiger partial charge in [0.2, 0.25) is 5.91 Å². The van der Waals surface area contributed by atoms with E-state index in [4.69, 9.17) is 11.6 Å². The van der Waals surface area contributed by atoms with Crippen LogP contribution in [-0.4, -0.2) is 36.0 Å². The first-order valence-corrected chi connectivity index (χ1v) is 7.57. The fourth-order valence-corrected chi connectivity index (χ4v) is 3.04. The number of halogens is 1. The van der Waals surface area contributed by atoms with Crippen molar-refractivity contribution in [2.45, 2.75) is 38.3 Å². The second-order valence-corrected chi connectivity index (χ2v) is 6.14. The van der Waals surface area contributed by atoms with Crippen LogP contribution >= 0.6 is 11.6 Å². The number of amides is 1. The molecule has 4 nitrogen and oxygen atoms in total. The number of benzene rings is 1. The predicted octanol–water partition coefficient (Wildman–Crippen LogP) is 2.95. The van der Waals surface area contributed by atoms with Crippen LogP contribution in [0.3, 0.4) is 0 Å². The van der Waals surface area contributed by atoms with Crippen molar-refractivity contribution < 1.29 is 4.79 Å². The second kappa shape index (κ2) is 5.62. The Bertz CT molecular complexity index is 516. The maximum absolute atomic E-state index is 11.0. The Morgan fingerprint density at radius 1 is 1.35 bits per heavy atom. The van der Waals surface area contributed by atoms with Gasteiger partial charge in [-0.25, -0.2) is 0 Å². The molecule has 1 saturated carbocycles. The number of hydrogen-bond donors (Lipinski definition) is 2. The van der Waals surface area contributed by atoms with Crippen molar-refractivity contribution in [2.24, 2.45) is 0 Å². The highest BCUT2D eigenvalue weighted by Crippen LogP contribution is 2.31. The van der Waals surface area contributed by atoms with Gasteiger partial charge < -0.3 is 10.6 Å². The van der Waals surface area contributed by atoms with Gasteiger partial charge in [0.15, 0.2) is 0 Å². The summed E-state index contributed by atoms with van der Waals surface area (Å²) < 4.78 is 0. The topological polar surface area (TPSA) is 44.4 Å². The van der Waals surface area contributed by atoms with Crippen LogP contribution in [0.15, 0.2) is 18.2 Å². The van der Waals surface area contributed by atoms with Crippen LogP contribution in [0, 0.1) is 0 Å². The number of carbonyl (C=O) groups excluding carboxylic acids is 1. The van der Waals surface area contributed by atoms with Crippen molar-refractivity contribution in [3.63, 3.8) is 0 Å². The number of nitrogens with zero attached hydrogens (tertiary/aromatic N) is 1. The van der Waals surface area contributed by atoms with Gasteiger partial charge in [0.05, 0.1) is 10.7 Å². The summed E-state index contributed by atoms with van der Waals surface area (Å²) in [5.41, 5.74) is 1.68. The summed E-state index contributed by atoms with van der Waals surface area (Å²) in [6.07, 6.45) is 3.91. The third-order valence-electron chi connectivity index (χ3n) is 3.93. The molecule has 2 fully saturated rings. The standard InChI is InChI=1S/C15H20ClN3O/c1-10(20)17-15-5-2-11(8-14(15)16)18-12-6-7-19(9-12)13-3-4-13/h2,5,8,12-13,18H,3-4,6-7,9H2,1H3,(H,17,20). The van der Waals surface area contributed by atoms with E-state index < -0.39 is 0 Å². The van der Waals surface area contributed by atoms with Crippen molar-refractivity contribution in [3.8, 4) is 0 Å². The van der Waals surface area contributed by atoms with Crippen LogP contribution in [-0.2, 0) is 4.79 Å². The van der Waals surface area contributed by atoms with Crippen molar-refractivity contribution in [1.29, 1.82) is 0 Å². The molecule has 2 N–H and O–H groups in total. The Balaban J connectivity index is 1.60. The predicted molar refractivity (Wildman–Crippen MR) is 82.4 cm³/mol. The molecule has 108 valence electrons. The fraction of sp³-hybridized carbons (Fsp3) is 0.533. The van der Waals surface area contributed by atoms with E-state index in [0.717, 1.165) is 18.3 Å². The highest BCUT2D eigenvalue weighted by atomic mass is 35.5. The Kier molecular flexibility index (Phi) is 3.85. The van der Waals surface area contributed by atoms with Crippen molar-refractivity contribution in [2.75, 3.05) is 23.7 Å². The van der Waals surface area contributed by atoms with Gasteiger partial charge in [-0.15, -0.1) is 0 Å². The number of likely N-dealkylation sites (tertiary alicyclic amines) is 1. The van der Waals surface area contributed by atoms with Gasteiger partial charge in [-0.3, -0.25) is 9.69 Å². The van der Waals surface area contributed by atoms with Crippen molar-refractivity contribution >= 4 is 28.9 Å². The minimum atomic E-state index is -0.108. The van der Waals surface area contributed by atoms with E-state index >= 15 is 0 Å². The van der Waals surface area contributed by atoms with Crippen LogP contribution in [0.1, 0.15) is 26.2 Å². The van der Waals surface area contributed by atoms with E-state index in [2.05, 4.69) is 15.5 Å². The average molecular weight is 294 g/mol. The summed E-state index contributed by atoms with van der Waals surface area (Å²) in [5.74, 6) is -0.108. The Hall–Kier alpha value is -1.26. The molecule has 1 aromatic rings. The molecule has 3 rings (SSSR count). The highest BCUT2D eigenvalue weighted by molar-refractivity contribution is 6.34. The van der Waals surface area contributed by atoms with Gasteiger partial charge in [0.1, 0.15) is 0 Å². The molecule has 1 aliphatic carbocycles. The maximum atomic E-state index is 11.0. The van der Waals surface area contributed by atoms with Gasteiger partial charge in [-0.05, 0) is 37.5 Å². The van der Waals surface area contributed by atoms with Gasteiger partial charge in [0.25, 0.3) is 0 Å². The third-order valence-corrected chi connectivity index (χ3v) is 4.25. The van der Waals surface area contributed by atoms with Crippen LogP contribution in [0.2, 0.25) is 5.02 Å². The Morgan fingerprint density at radius 3 is 2.80 bits per heavy atom. The minimum absolute atomic E-state index is 0.108. The summed E-state index contributed by atoms with van der Waals surface area (Å²) in [6.45, 7) is 3.79. The second-order valence-electron chi connectivity index (χ2n) is 5.73. The van der Waals surface area contributed by atoms with Gasteiger partial charge in [-0.2, -0.15) is 0 Å². The summed E-state index contributed by atoms with van der Waals surface area (Å²) in [4.78, 5) is 13.6. The molecule has 1 saturated heterocycles. The highest BCUT2D eigenvalue weighted by Gasteiger charge is 2.34. The molecule has 2 aliphatic rings. The van der Waals surface area contributed by atoms with E-state index in [1.165, 1.54) is 32.7 Å². The van der Waals surface area contributed by atoms with Crippen molar-refractivity contribution in [3.05, 3.63) is 23.2 Å². The van der Waals surface area contributed by atoms with Crippen LogP contribution < -0.4 is 10.6 Å². The van der Waals surface area contributed by atoms with Crippen LogP contribution in [0.25, 0.3) is 0 Å². The summed E-state index contributed by atoms with van der Waals surface area (Å²) in [5, 5.41) is 6.82. The normalized spacial score (nSPS) is 22.8. The number of nitrogens with one attached hydrogen (secondary N) is 2. The monoisotopic (exact) mass is 293 g/mol. The van der Waals surface area contributed by atoms with Gasteiger partial charge >= 0.3 is 0 Å². The molecule has 1 heterocycles. The zero-order chi connectivity index (χ0) is 14.1. The zero-order valence-corrected chi connectivity index (χ0v) is 12.4. The molecule has 1 atom stereocenters. The fourth-order valence-electron chi connectivity index (χ4n) is 2.81. The molecule has 0 aromatic heterocycles. The van der Waals surface area contributed by atoms with E-state index in [0.29, 0.717) is 16.8 Å². The lowest BCUT2D eigenvalue weighted by Crippen LogP contribution is -2.27. The average Bonchev–Trinajstić information content (AvgIpc) is 3.14. The lowest BCUT2D eigenvalue weighted by atomic mass is 10.2. The molecule has 0 spiro atoms. The number of hydrogen-bond acceptors (Lipinski definition) is 3.